The number of aryl methyl sites for hydroxylation is 2. The molecule has 1 amide bonds. The van der Waals surface area contributed by atoms with Gasteiger partial charge in [-0.25, -0.2) is 0 Å². The minimum Gasteiger partial charge on any atom is -0.328 e. The molecule has 0 bridgehead atoms. The van der Waals surface area contributed by atoms with Gasteiger partial charge in [-0.1, -0.05) is 6.42 Å². The molecule has 1 aliphatic carbocycles. The summed E-state index contributed by atoms with van der Waals surface area (Å²) in [4.78, 5) is 17.6. The molecular weight excluding hydrogens is 308 g/mol. The lowest BCUT2D eigenvalue weighted by Crippen LogP contribution is -2.34. The van der Waals surface area contributed by atoms with Crippen LogP contribution in [0, 0.1) is 6.92 Å². The molecule has 2 aromatic rings. The summed E-state index contributed by atoms with van der Waals surface area (Å²) in [6.07, 6.45) is 6.62. The minimum atomic E-state index is 0.0548. The van der Waals surface area contributed by atoms with E-state index in [1.165, 1.54) is 16.2 Å². The molecule has 1 saturated carbocycles. The van der Waals surface area contributed by atoms with Gasteiger partial charge in [-0.05, 0) is 44.7 Å². The van der Waals surface area contributed by atoms with Gasteiger partial charge in [-0.2, -0.15) is 0 Å². The molecule has 2 aliphatic rings. The lowest BCUT2D eigenvalue weighted by atomic mass is 10.2. The van der Waals surface area contributed by atoms with Crippen molar-refractivity contribution in [2.24, 2.45) is 0 Å². The second-order valence-corrected chi connectivity index (χ2v) is 7.95. The fourth-order valence-corrected chi connectivity index (χ4v) is 4.15. The predicted octanol–water partition coefficient (Wildman–Crippen LogP) is 3.18. The number of thiophene rings is 1. The smallest absolute Gasteiger partial charge is 0.292 e. The lowest BCUT2D eigenvalue weighted by Gasteiger charge is -2.21. The molecule has 3 heterocycles. The van der Waals surface area contributed by atoms with E-state index >= 15 is 0 Å². The molecule has 23 heavy (non-hydrogen) atoms. The maximum atomic E-state index is 13.1. The van der Waals surface area contributed by atoms with Crippen molar-refractivity contribution in [1.29, 1.82) is 0 Å². The van der Waals surface area contributed by atoms with Gasteiger partial charge in [0.1, 0.15) is 5.82 Å². The standard InChI is InChI=1S/C17H22N4OS/c1-12-6-9-14(23-12)11-21(13-7-8-13)17(22)16-19-18-15-5-3-2-4-10-20(15)16/h6,9,13H,2-5,7-8,10-11H2,1H3. The molecule has 0 radical (unpaired) electrons. The summed E-state index contributed by atoms with van der Waals surface area (Å²) in [6, 6.07) is 4.63. The zero-order chi connectivity index (χ0) is 15.8. The van der Waals surface area contributed by atoms with Crippen LogP contribution in [0.4, 0.5) is 0 Å². The van der Waals surface area contributed by atoms with E-state index < -0.39 is 0 Å². The summed E-state index contributed by atoms with van der Waals surface area (Å²) in [7, 11) is 0. The van der Waals surface area contributed by atoms with E-state index in [1.807, 2.05) is 4.90 Å². The highest BCUT2D eigenvalue weighted by atomic mass is 32.1. The fourth-order valence-electron chi connectivity index (χ4n) is 3.26. The molecule has 0 unspecified atom stereocenters. The Morgan fingerprint density at radius 3 is 2.91 bits per heavy atom. The van der Waals surface area contributed by atoms with Crippen LogP contribution in [0.5, 0.6) is 0 Å². The first kappa shape index (κ1) is 14.9. The SMILES string of the molecule is Cc1ccc(CN(C(=O)c2nnc3n2CCCCC3)C2CC2)s1. The molecule has 6 heteroatoms. The monoisotopic (exact) mass is 330 g/mol. The van der Waals surface area contributed by atoms with Gasteiger partial charge in [0.05, 0.1) is 6.54 Å². The molecule has 0 atom stereocenters. The van der Waals surface area contributed by atoms with Crippen molar-refractivity contribution in [2.75, 3.05) is 0 Å². The van der Waals surface area contributed by atoms with Gasteiger partial charge in [0, 0.05) is 28.8 Å². The number of fused-ring (bicyclic) bond motifs is 1. The molecule has 1 aliphatic heterocycles. The number of hydrogen-bond acceptors (Lipinski definition) is 4. The Balaban J connectivity index is 1.59. The highest BCUT2D eigenvalue weighted by molar-refractivity contribution is 7.11. The Kier molecular flexibility index (Phi) is 3.93. The average Bonchev–Trinajstić information content (AvgIpc) is 3.25. The molecule has 0 N–H and O–H groups in total. The summed E-state index contributed by atoms with van der Waals surface area (Å²) in [5, 5.41) is 8.52. The van der Waals surface area contributed by atoms with Crippen molar-refractivity contribution in [3.63, 3.8) is 0 Å². The molecular formula is C17H22N4OS. The summed E-state index contributed by atoms with van der Waals surface area (Å²) < 4.78 is 2.06. The highest BCUT2D eigenvalue weighted by Crippen LogP contribution is 2.31. The third kappa shape index (κ3) is 3.04. The van der Waals surface area contributed by atoms with Gasteiger partial charge in [-0.3, -0.25) is 4.79 Å². The quantitative estimate of drug-likeness (QED) is 0.865. The largest absolute Gasteiger partial charge is 0.328 e. The number of rotatable bonds is 4. The third-order valence-electron chi connectivity index (χ3n) is 4.67. The van der Waals surface area contributed by atoms with Gasteiger partial charge in [0.25, 0.3) is 5.91 Å². The fraction of sp³-hybridized carbons (Fsp3) is 0.588. The summed E-state index contributed by atoms with van der Waals surface area (Å²) >= 11 is 1.77. The molecule has 0 saturated heterocycles. The molecule has 1 fully saturated rings. The van der Waals surface area contributed by atoms with E-state index in [9.17, 15) is 4.79 Å². The van der Waals surface area contributed by atoms with Gasteiger partial charge >= 0.3 is 0 Å². The van der Waals surface area contributed by atoms with Crippen molar-refractivity contribution in [2.45, 2.75) is 64.6 Å². The first-order chi connectivity index (χ1) is 11.2. The summed E-state index contributed by atoms with van der Waals surface area (Å²) in [5.74, 6) is 1.58. The molecule has 0 spiro atoms. The van der Waals surface area contributed by atoms with E-state index in [-0.39, 0.29) is 5.91 Å². The van der Waals surface area contributed by atoms with E-state index in [0.29, 0.717) is 18.4 Å². The summed E-state index contributed by atoms with van der Waals surface area (Å²) in [6.45, 7) is 3.68. The second kappa shape index (κ2) is 6.07. The molecule has 122 valence electrons. The average molecular weight is 330 g/mol. The Bertz CT molecular complexity index is 716. The van der Waals surface area contributed by atoms with Crippen LogP contribution in [0.15, 0.2) is 12.1 Å². The van der Waals surface area contributed by atoms with Gasteiger partial charge in [0.2, 0.25) is 5.82 Å². The van der Waals surface area contributed by atoms with Crippen molar-refractivity contribution in [3.05, 3.63) is 33.5 Å². The van der Waals surface area contributed by atoms with Crippen molar-refractivity contribution in [3.8, 4) is 0 Å². The van der Waals surface area contributed by atoms with Crippen LogP contribution in [0.1, 0.15) is 58.3 Å². The Hall–Kier alpha value is -1.69. The van der Waals surface area contributed by atoms with Crippen molar-refractivity contribution >= 4 is 17.2 Å². The van der Waals surface area contributed by atoms with Gasteiger partial charge < -0.3 is 9.47 Å². The number of nitrogens with zero attached hydrogens (tertiary/aromatic N) is 4. The Labute approximate surface area is 140 Å². The van der Waals surface area contributed by atoms with E-state index in [1.54, 1.807) is 11.3 Å². The van der Waals surface area contributed by atoms with Crippen molar-refractivity contribution < 1.29 is 4.79 Å². The molecule has 5 nitrogen and oxygen atoms in total. The van der Waals surface area contributed by atoms with Crippen LogP contribution in [-0.2, 0) is 19.5 Å². The van der Waals surface area contributed by atoms with Crippen LogP contribution in [0.25, 0.3) is 0 Å². The number of carbonyl (C=O) groups is 1. The van der Waals surface area contributed by atoms with Crippen LogP contribution >= 0.6 is 11.3 Å². The molecule has 4 rings (SSSR count). The normalized spacial score (nSPS) is 17.6. The predicted molar refractivity (Wildman–Crippen MR) is 89.5 cm³/mol. The van der Waals surface area contributed by atoms with Crippen LogP contribution in [-0.4, -0.2) is 31.6 Å². The van der Waals surface area contributed by atoms with Gasteiger partial charge in [0.15, 0.2) is 0 Å². The first-order valence-electron chi connectivity index (χ1n) is 8.51. The van der Waals surface area contributed by atoms with Crippen LogP contribution in [0.2, 0.25) is 0 Å². The zero-order valence-corrected chi connectivity index (χ0v) is 14.3. The Morgan fingerprint density at radius 2 is 2.17 bits per heavy atom. The van der Waals surface area contributed by atoms with Crippen LogP contribution < -0.4 is 0 Å². The van der Waals surface area contributed by atoms with E-state index in [0.717, 1.165) is 44.5 Å². The number of amides is 1. The highest BCUT2D eigenvalue weighted by Gasteiger charge is 2.35. The summed E-state index contributed by atoms with van der Waals surface area (Å²) in [5.41, 5.74) is 0. The lowest BCUT2D eigenvalue weighted by molar-refractivity contribution is 0.0713. The van der Waals surface area contributed by atoms with Crippen molar-refractivity contribution in [1.82, 2.24) is 19.7 Å². The minimum absolute atomic E-state index is 0.0548. The topological polar surface area (TPSA) is 51.0 Å². The second-order valence-electron chi connectivity index (χ2n) is 6.58. The zero-order valence-electron chi connectivity index (χ0n) is 13.5. The van der Waals surface area contributed by atoms with Gasteiger partial charge in [-0.15, -0.1) is 21.5 Å². The number of aromatic nitrogens is 3. The first-order valence-corrected chi connectivity index (χ1v) is 9.32. The van der Waals surface area contributed by atoms with Crippen LogP contribution in [0.3, 0.4) is 0 Å². The third-order valence-corrected chi connectivity index (χ3v) is 5.66. The number of carbonyl (C=O) groups excluding carboxylic acids is 1. The maximum absolute atomic E-state index is 13.1. The number of hydrogen-bond donors (Lipinski definition) is 0. The molecule has 2 aromatic heterocycles. The van der Waals surface area contributed by atoms with E-state index in [2.05, 4.69) is 33.8 Å². The molecule has 0 aromatic carbocycles. The maximum Gasteiger partial charge on any atom is 0.292 e. The van der Waals surface area contributed by atoms with E-state index in [4.69, 9.17) is 0 Å². The Morgan fingerprint density at radius 1 is 1.30 bits per heavy atom.